The van der Waals surface area contributed by atoms with Gasteiger partial charge in [0.1, 0.15) is 23.3 Å². The summed E-state index contributed by atoms with van der Waals surface area (Å²) in [5, 5.41) is 14.5. The number of H-pyrrole nitrogens is 1. The number of carbonyl (C=O) groups is 2. The number of nitrogens with two attached hydrogens (primary N) is 1. The Morgan fingerprint density at radius 1 is 1.25 bits per heavy atom. The fraction of sp³-hybridized carbons (Fsp3) is 0.333. The topological polar surface area (TPSA) is 140 Å². The van der Waals surface area contributed by atoms with Gasteiger partial charge in [0.15, 0.2) is 0 Å². The number of fused-ring (bicyclic) bond motifs is 1. The second-order valence-electron chi connectivity index (χ2n) is 7.88. The van der Waals surface area contributed by atoms with Gasteiger partial charge < -0.3 is 20.3 Å². The summed E-state index contributed by atoms with van der Waals surface area (Å²) in [6.07, 6.45) is 2.49. The molecule has 1 saturated heterocycles. The van der Waals surface area contributed by atoms with Gasteiger partial charge in [0.05, 0.1) is 11.4 Å². The van der Waals surface area contributed by atoms with Crippen LogP contribution in [0.4, 0.5) is 10.6 Å². The molecule has 0 radical (unpaired) electrons. The average molecular weight is 458 g/mol. The zero-order valence-electron chi connectivity index (χ0n) is 17.5. The fourth-order valence-electron chi connectivity index (χ4n) is 4.13. The van der Waals surface area contributed by atoms with Crippen molar-refractivity contribution in [2.45, 2.75) is 31.3 Å². The summed E-state index contributed by atoms with van der Waals surface area (Å²) in [7, 11) is 0. The molecule has 0 saturated carbocycles. The van der Waals surface area contributed by atoms with E-state index in [0.29, 0.717) is 18.1 Å². The number of piperidine rings is 1. The zero-order valence-corrected chi connectivity index (χ0v) is 18.2. The zero-order chi connectivity index (χ0) is 22.9. The molecule has 168 valence electrons. The summed E-state index contributed by atoms with van der Waals surface area (Å²) in [6.45, 7) is 2.63. The monoisotopic (exact) mass is 457 g/mol. The SMILES string of the molecule is CC(c1ccc(Cl)cc1)N(N)C(=O)C1(NC(=O)O)CCN(c2ncnc3[nH]ccc23)CC1. The molecule has 32 heavy (non-hydrogen) atoms. The minimum atomic E-state index is -1.33. The van der Waals surface area contributed by atoms with Crippen molar-refractivity contribution in [2.24, 2.45) is 5.84 Å². The van der Waals surface area contributed by atoms with Crippen LogP contribution in [0.5, 0.6) is 0 Å². The highest BCUT2D eigenvalue weighted by Gasteiger charge is 2.46. The van der Waals surface area contributed by atoms with Crippen molar-refractivity contribution < 1.29 is 14.7 Å². The summed E-state index contributed by atoms with van der Waals surface area (Å²) < 4.78 is 0. The lowest BCUT2D eigenvalue weighted by molar-refractivity contribution is -0.141. The number of hydrogen-bond donors (Lipinski definition) is 4. The van der Waals surface area contributed by atoms with Gasteiger partial charge >= 0.3 is 6.09 Å². The number of rotatable bonds is 5. The molecular formula is C21H24ClN7O3. The number of hydrogen-bond acceptors (Lipinski definition) is 6. The molecule has 3 aromatic rings. The summed E-state index contributed by atoms with van der Waals surface area (Å²) in [6, 6.07) is 8.45. The van der Waals surface area contributed by atoms with Gasteiger partial charge in [-0.1, -0.05) is 23.7 Å². The maximum absolute atomic E-state index is 13.5. The molecule has 1 aliphatic rings. The molecule has 3 heterocycles. The number of halogens is 1. The van der Waals surface area contributed by atoms with Crippen molar-refractivity contribution in [1.29, 1.82) is 0 Å². The lowest BCUT2D eigenvalue weighted by atomic mass is 9.85. The fourth-order valence-corrected chi connectivity index (χ4v) is 4.26. The number of carbonyl (C=O) groups excluding carboxylic acids is 1. The van der Waals surface area contributed by atoms with Crippen LogP contribution in [0, 0.1) is 0 Å². The Morgan fingerprint density at radius 2 is 1.94 bits per heavy atom. The Labute approximate surface area is 189 Å². The molecular weight excluding hydrogens is 434 g/mol. The molecule has 0 spiro atoms. The number of benzene rings is 1. The average Bonchev–Trinajstić information content (AvgIpc) is 3.27. The smallest absolute Gasteiger partial charge is 0.405 e. The van der Waals surface area contributed by atoms with E-state index in [1.165, 1.54) is 6.33 Å². The summed E-state index contributed by atoms with van der Waals surface area (Å²) in [4.78, 5) is 38.7. The number of aromatic amines is 1. The maximum Gasteiger partial charge on any atom is 0.405 e. The highest BCUT2D eigenvalue weighted by Crippen LogP contribution is 2.32. The summed E-state index contributed by atoms with van der Waals surface area (Å²) in [5.74, 6) is 6.48. The third-order valence-electron chi connectivity index (χ3n) is 6.01. The standard InChI is InChI=1S/C21H24ClN7O3/c1-13(14-2-4-15(22)5-3-14)29(23)19(30)21(27-20(31)32)7-10-28(11-8-21)18-16-6-9-24-17(16)25-12-26-18/h2-6,9,12-13,27H,7-8,10-11,23H2,1H3,(H,31,32)(H,24,25,26). The first-order valence-corrected chi connectivity index (χ1v) is 10.6. The van der Waals surface area contributed by atoms with Gasteiger partial charge in [0, 0.05) is 24.3 Å². The Hall–Kier alpha value is -3.37. The van der Waals surface area contributed by atoms with Gasteiger partial charge in [-0.3, -0.25) is 9.80 Å². The molecule has 2 amide bonds. The van der Waals surface area contributed by atoms with Gasteiger partial charge in [0.2, 0.25) is 0 Å². The second kappa shape index (κ2) is 8.64. The first-order valence-electron chi connectivity index (χ1n) is 10.2. The number of aromatic nitrogens is 3. The highest BCUT2D eigenvalue weighted by atomic mass is 35.5. The molecule has 0 aliphatic carbocycles. The van der Waals surface area contributed by atoms with Gasteiger partial charge in [-0.25, -0.2) is 20.6 Å². The van der Waals surface area contributed by atoms with Crippen LogP contribution in [0.2, 0.25) is 5.02 Å². The molecule has 0 bridgehead atoms. The van der Waals surface area contributed by atoms with Gasteiger partial charge in [-0.2, -0.15) is 0 Å². The van der Waals surface area contributed by atoms with Gasteiger partial charge in [-0.05, 0) is 43.5 Å². The number of hydrazine groups is 1. The van der Waals surface area contributed by atoms with Crippen LogP contribution in [-0.2, 0) is 4.79 Å². The van der Waals surface area contributed by atoms with Crippen molar-refractivity contribution in [1.82, 2.24) is 25.3 Å². The molecule has 1 unspecified atom stereocenters. The van der Waals surface area contributed by atoms with Crippen LogP contribution in [0.1, 0.15) is 31.4 Å². The van der Waals surface area contributed by atoms with E-state index in [-0.39, 0.29) is 12.8 Å². The summed E-state index contributed by atoms with van der Waals surface area (Å²) >= 11 is 5.95. The molecule has 1 aromatic carbocycles. The van der Waals surface area contributed by atoms with E-state index in [4.69, 9.17) is 17.4 Å². The minimum Gasteiger partial charge on any atom is -0.465 e. The van der Waals surface area contributed by atoms with E-state index in [9.17, 15) is 14.7 Å². The first-order chi connectivity index (χ1) is 15.3. The van der Waals surface area contributed by atoms with Crippen LogP contribution < -0.4 is 16.1 Å². The van der Waals surface area contributed by atoms with Crippen LogP contribution >= 0.6 is 11.6 Å². The maximum atomic E-state index is 13.5. The lowest BCUT2D eigenvalue weighted by Crippen LogP contribution is -2.65. The molecule has 11 heteroatoms. The minimum absolute atomic E-state index is 0.245. The normalized spacial score (nSPS) is 16.5. The Kier molecular flexibility index (Phi) is 5.90. The molecule has 1 aliphatic heterocycles. The molecule has 5 N–H and O–H groups in total. The second-order valence-corrected chi connectivity index (χ2v) is 8.31. The van der Waals surface area contributed by atoms with Crippen molar-refractivity contribution >= 4 is 40.5 Å². The van der Waals surface area contributed by atoms with E-state index >= 15 is 0 Å². The number of nitrogens with zero attached hydrogens (tertiary/aromatic N) is 4. The van der Waals surface area contributed by atoms with Gasteiger partial charge in [-0.15, -0.1) is 0 Å². The van der Waals surface area contributed by atoms with Crippen LogP contribution in [0.15, 0.2) is 42.9 Å². The number of anilines is 1. The summed E-state index contributed by atoms with van der Waals surface area (Å²) in [5.41, 5.74) is 0.183. The van der Waals surface area contributed by atoms with E-state index in [2.05, 4.69) is 20.3 Å². The third kappa shape index (κ3) is 4.06. The third-order valence-corrected chi connectivity index (χ3v) is 6.26. The van der Waals surface area contributed by atoms with Crippen molar-refractivity contribution in [2.75, 3.05) is 18.0 Å². The van der Waals surface area contributed by atoms with Crippen molar-refractivity contribution in [3.05, 3.63) is 53.4 Å². The quantitative estimate of drug-likeness (QED) is 0.262. The molecule has 2 aromatic heterocycles. The first kappa shape index (κ1) is 21.8. The van der Waals surface area contributed by atoms with E-state index in [1.54, 1.807) is 37.4 Å². The van der Waals surface area contributed by atoms with Crippen LogP contribution in [0.3, 0.4) is 0 Å². The molecule has 1 atom stereocenters. The van der Waals surface area contributed by atoms with Crippen LogP contribution in [0.25, 0.3) is 11.0 Å². The highest BCUT2D eigenvalue weighted by molar-refractivity contribution is 6.30. The molecule has 10 nitrogen and oxygen atoms in total. The van der Waals surface area contributed by atoms with E-state index in [0.717, 1.165) is 27.4 Å². The van der Waals surface area contributed by atoms with E-state index < -0.39 is 23.6 Å². The van der Waals surface area contributed by atoms with E-state index in [1.807, 2.05) is 11.0 Å². The van der Waals surface area contributed by atoms with Crippen LogP contribution in [-0.4, -0.2) is 55.7 Å². The predicted octanol–water partition coefficient (Wildman–Crippen LogP) is 2.68. The Morgan fingerprint density at radius 3 is 2.59 bits per heavy atom. The Balaban J connectivity index is 1.55. The Bertz CT molecular complexity index is 1130. The lowest BCUT2D eigenvalue weighted by Gasteiger charge is -2.43. The molecule has 1 fully saturated rings. The number of amides is 2. The molecule has 4 rings (SSSR count). The number of carboxylic acid groups (broad SMARTS) is 1. The van der Waals surface area contributed by atoms with Gasteiger partial charge in [0.25, 0.3) is 5.91 Å². The predicted molar refractivity (Wildman–Crippen MR) is 120 cm³/mol. The van der Waals surface area contributed by atoms with Crippen molar-refractivity contribution in [3.63, 3.8) is 0 Å². The van der Waals surface area contributed by atoms with Crippen molar-refractivity contribution in [3.8, 4) is 0 Å². The number of nitrogens with one attached hydrogen (secondary N) is 2. The largest absolute Gasteiger partial charge is 0.465 e.